The summed E-state index contributed by atoms with van der Waals surface area (Å²) in [6.45, 7) is 0. The van der Waals surface area contributed by atoms with Crippen molar-refractivity contribution in [3.05, 3.63) is 83.9 Å². The van der Waals surface area contributed by atoms with E-state index in [2.05, 4.69) is 0 Å². The predicted octanol–water partition coefficient (Wildman–Crippen LogP) is 2.83. The van der Waals surface area contributed by atoms with Crippen molar-refractivity contribution in [3.8, 4) is 0 Å². The van der Waals surface area contributed by atoms with E-state index < -0.39 is 24.1 Å². The zero-order valence-electron chi connectivity index (χ0n) is 14.1. The quantitative estimate of drug-likeness (QED) is 0.614. The van der Waals surface area contributed by atoms with Gasteiger partial charge in [0, 0.05) is 0 Å². The van der Waals surface area contributed by atoms with E-state index in [9.17, 15) is 9.59 Å². The van der Waals surface area contributed by atoms with Crippen molar-refractivity contribution < 1.29 is 30.0 Å². The Bertz CT molecular complexity index is 647. The van der Waals surface area contributed by atoms with Crippen molar-refractivity contribution in [2.75, 3.05) is 0 Å². The van der Waals surface area contributed by atoms with Crippen molar-refractivity contribution in [3.63, 3.8) is 0 Å². The van der Waals surface area contributed by atoms with Gasteiger partial charge in [0.2, 0.25) is 0 Å². The van der Waals surface area contributed by atoms with Crippen LogP contribution in [0, 0.1) is 0 Å². The molecule has 0 spiro atoms. The number of carbonyl (C=O) groups is 2. The van der Waals surface area contributed by atoms with Gasteiger partial charge in [0.1, 0.15) is 0 Å². The zero-order valence-corrected chi connectivity index (χ0v) is 14.1. The topological polar surface area (TPSA) is 115 Å². The lowest BCUT2D eigenvalue weighted by Gasteiger charge is -2.16. The molecule has 2 unspecified atom stereocenters. The Balaban J connectivity index is 0.000000195. The molecule has 0 fully saturated rings. The molecule has 6 nitrogen and oxygen atoms in total. The average molecular weight is 358 g/mol. The number of aliphatic hydroxyl groups is 2. The van der Waals surface area contributed by atoms with Crippen LogP contribution in [0.2, 0.25) is 0 Å². The predicted molar refractivity (Wildman–Crippen MR) is 97.2 cm³/mol. The first-order chi connectivity index (χ1) is 12.4. The van der Waals surface area contributed by atoms with Crippen LogP contribution in [-0.2, 0) is 0 Å². The Hall–Kier alpha value is -2.96. The number of carboxylic acid groups (broad SMARTS) is 2. The van der Waals surface area contributed by atoms with Crippen LogP contribution in [0.25, 0.3) is 0 Å². The first kappa shape index (κ1) is 21.1. The Morgan fingerprint density at radius 2 is 1.19 bits per heavy atom. The smallest absolute Gasteiger partial charge is 0.335 e. The van der Waals surface area contributed by atoms with Crippen LogP contribution in [0.4, 0.5) is 0 Å². The van der Waals surface area contributed by atoms with E-state index in [0.29, 0.717) is 17.5 Å². The van der Waals surface area contributed by atoms with Gasteiger partial charge in [-0.25, -0.2) is 9.59 Å². The summed E-state index contributed by atoms with van der Waals surface area (Å²) in [5, 5.41) is 34.5. The van der Waals surface area contributed by atoms with E-state index >= 15 is 0 Å². The highest BCUT2D eigenvalue weighted by molar-refractivity contribution is 5.87. The third-order valence-corrected chi connectivity index (χ3v) is 3.40. The third kappa shape index (κ3) is 8.23. The van der Waals surface area contributed by atoms with E-state index in [1.54, 1.807) is 66.7 Å². The Labute approximate surface area is 151 Å². The molecule has 0 radical (unpaired) electrons. The van der Waals surface area contributed by atoms with E-state index in [4.69, 9.17) is 20.4 Å². The number of aromatic carboxylic acids is 2. The van der Waals surface area contributed by atoms with Crippen molar-refractivity contribution in [1.29, 1.82) is 0 Å². The lowest BCUT2D eigenvalue weighted by atomic mass is 10.0. The molecule has 0 heterocycles. The summed E-state index contributed by atoms with van der Waals surface area (Å²) in [5.74, 6) is -1.76. The summed E-state index contributed by atoms with van der Waals surface area (Å²) < 4.78 is 0. The van der Waals surface area contributed by atoms with Crippen LogP contribution in [-0.4, -0.2) is 44.6 Å². The SMILES string of the molecule is O=C(O)c1ccccc1.O=C(O)c1ccccc1.OC1C=CCCC1O. The molecule has 1 aliphatic carbocycles. The fourth-order valence-corrected chi connectivity index (χ4v) is 1.96. The monoisotopic (exact) mass is 358 g/mol. The van der Waals surface area contributed by atoms with E-state index in [-0.39, 0.29) is 0 Å². The molecule has 0 aromatic heterocycles. The van der Waals surface area contributed by atoms with E-state index in [1.807, 2.05) is 6.08 Å². The minimum absolute atomic E-state index is 0.331. The van der Waals surface area contributed by atoms with Gasteiger partial charge in [-0.3, -0.25) is 0 Å². The number of hydrogen-bond acceptors (Lipinski definition) is 4. The minimum atomic E-state index is -0.879. The second kappa shape index (κ2) is 11.6. The Kier molecular flexibility index (Phi) is 9.38. The number of benzene rings is 2. The maximum atomic E-state index is 10.2. The van der Waals surface area contributed by atoms with Crippen molar-refractivity contribution >= 4 is 11.9 Å². The van der Waals surface area contributed by atoms with Crippen molar-refractivity contribution in [2.24, 2.45) is 0 Å². The van der Waals surface area contributed by atoms with Crippen molar-refractivity contribution in [2.45, 2.75) is 25.0 Å². The van der Waals surface area contributed by atoms with Gasteiger partial charge in [-0.15, -0.1) is 0 Å². The normalized spacial score (nSPS) is 17.8. The molecule has 3 rings (SSSR count). The summed E-state index contributed by atoms with van der Waals surface area (Å²) >= 11 is 0. The maximum Gasteiger partial charge on any atom is 0.335 e. The second-order valence-corrected chi connectivity index (χ2v) is 5.41. The van der Waals surface area contributed by atoms with Crippen molar-refractivity contribution in [1.82, 2.24) is 0 Å². The lowest BCUT2D eigenvalue weighted by Crippen LogP contribution is -2.25. The molecule has 2 atom stereocenters. The maximum absolute atomic E-state index is 10.2. The van der Waals surface area contributed by atoms with Gasteiger partial charge < -0.3 is 20.4 Å². The number of rotatable bonds is 2. The third-order valence-electron chi connectivity index (χ3n) is 3.40. The average Bonchev–Trinajstić information content (AvgIpc) is 2.66. The van der Waals surface area contributed by atoms with Gasteiger partial charge in [0.25, 0.3) is 0 Å². The Morgan fingerprint density at radius 3 is 1.42 bits per heavy atom. The first-order valence-electron chi connectivity index (χ1n) is 8.01. The molecule has 0 amide bonds. The number of hydrogen-bond donors (Lipinski definition) is 4. The zero-order chi connectivity index (χ0) is 19.4. The molecular formula is C20H22O6. The molecule has 0 saturated carbocycles. The first-order valence-corrected chi connectivity index (χ1v) is 8.01. The van der Waals surface area contributed by atoms with E-state index in [0.717, 1.165) is 6.42 Å². The van der Waals surface area contributed by atoms with E-state index in [1.165, 1.54) is 0 Å². The summed E-state index contributed by atoms with van der Waals surface area (Å²) in [4.78, 5) is 20.4. The van der Waals surface area contributed by atoms with Crippen LogP contribution in [0.5, 0.6) is 0 Å². The molecule has 138 valence electrons. The standard InChI is InChI=1S/2C7H6O2.C6H10O2/c2*8-7(9)6-4-2-1-3-5-6;7-5-3-1-2-4-6(5)8/h2*1-5H,(H,8,9);1,3,5-8H,2,4H2. The summed E-state index contributed by atoms with van der Waals surface area (Å²) in [6.07, 6.45) is 3.95. The number of allylic oxidation sites excluding steroid dienone is 1. The molecule has 4 N–H and O–H groups in total. The van der Waals surface area contributed by atoms with Crippen LogP contribution in [0.3, 0.4) is 0 Å². The van der Waals surface area contributed by atoms with Crippen LogP contribution in [0.15, 0.2) is 72.8 Å². The van der Waals surface area contributed by atoms with Gasteiger partial charge in [0.05, 0.1) is 23.3 Å². The minimum Gasteiger partial charge on any atom is -0.478 e. The Morgan fingerprint density at radius 1 is 0.769 bits per heavy atom. The lowest BCUT2D eigenvalue weighted by molar-refractivity contribution is 0.0389. The van der Waals surface area contributed by atoms with Gasteiger partial charge in [-0.05, 0) is 37.1 Å². The molecular weight excluding hydrogens is 336 g/mol. The molecule has 2 aromatic carbocycles. The molecule has 0 bridgehead atoms. The number of carboxylic acids is 2. The molecule has 2 aromatic rings. The molecule has 6 heteroatoms. The van der Waals surface area contributed by atoms with Crippen LogP contribution >= 0.6 is 0 Å². The highest BCUT2D eigenvalue weighted by atomic mass is 16.4. The molecule has 0 saturated heterocycles. The fraction of sp³-hybridized carbons (Fsp3) is 0.200. The van der Waals surface area contributed by atoms with Gasteiger partial charge in [0.15, 0.2) is 0 Å². The summed E-state index contributed by atoms with van der Waals surface area (Å²) in [5.41, 5.74) is 0.662. The summed E-state index contributed by atoms with van der Waals surface area (Å²) in [7, 11) is 0. The van der Waals surface area contributed by atoms with Gasteiger partial charge >= 0.3 is 11.9 Å². The van der Waals surface area contributed by atoms with Crippen LogP contribution in [0.1, 0.15) is 33.6 Å². The fourth-order valence-electron chi connectivity index (χ4n) is 1.96. The van der Waals surface area contributed by atoms with Gasteiger partial charge in [-0.2, -0.15) is 0 Å². The van der Waals surface area contributed by atoms with Gasteiger partial charge in [-0.1, -0.05) is 48.6 Å². The highest BCUT2D eigenvalue weighted by Crippen LogP contribution is 2.10. The second-order valence-electron chi connectivity index (χ2n) is 5.41. The summed E-state index contributed by atoms with van der Waals surface area (Å²) in [6, 6.07) is 16.6. The van der Waals surface area contributed by atoms with Crippen LogP contribution < -0.4 is 0 Å². The molecule has 26 heavy (non-hydrogen) atoms. The molecule has 1 aliphatic rings. The number of aliphatic hydroxyl groups excluding tert-OH is 2. The molecule has 0 aliphatic heterocycles. The largest absolute Gasteiger partial charge is 0.478 e. The highest BCUT2D eigenvalue weighted by Gasteiger charge is 2.14.